The average molecular weight is 268 g/mol. The van der Waals surface area contributed by atoms with Crippen LogP contribution in [-0.2, 0) is 4.79 Å². The molecule has 0 saturated carbocycles. The summed E-state index contributed by atoms with van der Waals surface area (Å²) in [5, 5.41) is 28.8. The number of carbonyl (C=O) groups is 1. The van der Waals surface area contributed by atoms with Gasteiger partial charge >= 0.3 is 5.97 Å². The molecule has 1 heterocycles. The van der Waals surface area contributed by atoms with Gasteiger partial charge < -0.3 is 15.3 Å². The highest BCUT2D eigenvalue weighted by atomic mass is 35.5. The summed E-state index contributed by atoms with van der Waals surface area (Å²) < 4.78 is 0. The van der Waals surface area contributed by atoms with Gasteiger partial charge in [-0.15, -0.1) is 0 Å². The molecule has 18 heavy (non-hydrogen) atoms. The highest BCUT2D eigenvalue weighted by molar-refractivity contribution is 6.35. The van der Waals surface area contributed by atoms with Crippen molar-refractivity contribution in [2.75, 3.05) is 0 Å². The summed E-state index contributed by atoms with van der Waals surface area (Å²) in [6, 6.07) is 6.26. The van der Waals surface area contributed by atoms with E-state index in [-0.39, 0.29) is 5.56 Å². The van der Waals surface area contributed by atoms with Crippen molar-refractivity contribution < 1.29 is 20.1 Å². The van der Waals surface area contributed by atoms with E-state index < -0.39 is 18.2 Å². The Labute approximate surface area is 107 Å². The van der Waals surface area contributed by atoms with E-state index in [4.69, 9.17) is 16.7 Å². The number of benzene rings is 1. The van der Waals surface area contributed by atoms with Gasteiger partial charge in [0, 0.05) is 11.6 Å². The van der Waals surface area contributed by atoms with Crippen LogP contribution in [0.2, 0.25) is 5.02 Å². The maximum absolute atomic E-state index is 10.6. The Morgan fingerprint density at radius 2 is 2.00 bits per heavy atom. The number of hydrogen-bond acceptors (Lipinski definition) is 4. The Morgan fingerprint density at radius 1 is 1.28 bits per heavy atom. The van der Waals surface area contributed by atoms with E-state index in [9.17, 15) is 15.0 Å². The number of rotatable bonds is 3. The van der Waals surface area contributed by atoms with Crippen molar-refractivity contribution in [3.05, 3.63) is 41.0 Å². The van der Waals surface area contributed by atoms with Crippen LogP contribution in [0.1, 0.15) is 11.7 Å². The van der Waals surface area contributed by atoms with Gasteiger partial charge in [0.1, 0.15) is 6.10 Å². The van der Waals surface area contributed by atoms with Crippen molar-refractivity contribution in [1.29, 1.82) is 0 Å². The fraction of sp³-hybridized carbons (Fsp3) is 0.167. The SMILES string of the molecule is O=C(O)C(O)C(O)c1ccc2c(Cl)ccnc2c1. The highest BCUT2D eigenvalue weighted by Gasteiger charge is 2.25. The van der Waals surface area contributed by atoms with Crippen LogP contribution < -0.4 is 0 Å². The second kappa shape index (κ2) is 4.89. The van der Waals surface area contributed by atoms with Crippen molar-refractivity contribution in [2.45, 2.75) is 12.2 Å². The van der Waals surface area contributed by atoms with Crippen molar-refractivity contribution in [1.82, 2.24) is 4.98 Å². The monoisotopic (exact) mass is 267 g/mol. The minimum absolute atomic E-state index is 0.271. The van der Waals surface area contributed by atoms with Gasteiger partial charge in [-0.05, 0) is 17.7 Å². The van der Waals surface area contributed by atoms with Crippen LogP contribution in [0, 0.1) is 0 Å². The molecule has 5 nitrogen and oxygen atoms in total. The zero-order valence-corrected chi connectivity index (χ0v) is 9.87. The fourth-order valence-electron chi connectivity index (χ4n) is 1.63. The van der Waals surface area contributed by atoms with Crippen LogP contribution in [0.5, 0.6) is 0 Å². The van der Waals surface area contributed by atoms with Crippen LogP contribution in [0.25, 0.3) is 10.9 Å². The van der Waals surface area contributed by atoms with Crippen LogP contribution in [0.3, 0.4) is 0 Å². The van der Waals surface area contributed by atoms with Gasteiger partial charge in [-0.2, -0.15) is 0 Å². The molecule has 0 aliphatic carbocycles. The number of aromatic nitrogens is 1. The van der Waals surface area contributed by atoms with Gasteiger partial charge in [-0.25, -0.2) is 4.79 Å². The molecular formula is C12H10ClNO4. The first kappa shape index (κ1) is 12.8. The summed E-state index contributed by atoms with van der Waals surface area (Å²) in [4.78, 5) is 14.6. The number of hydrogen-bond donors (Lipinski definition) is 3. The summed E-state index contributed by atoms with van der Waals surface area (Å²) in [5.74, 6) is -1.48. The fourth-order valence-corrected chi connectivity index (χ4v) is 1.85. The highest BCUT2D eigenvalue weighted by Crippen LogP contribution is 2.25. The van der Waals surface area contributed by atoms with E-state index in [1.165, 1.54) is 18.3 Å². The maximum atomic E-state index is 10.6. The second-order valence-electron chi connectivity index (χ2n) is 3.80. The third-order valence-corrected chi connectivity index (χ3v) is 2.94. The molecule has 1 aromatic heterocycles. The third kappa shape index (κ3) is 2.28. The molecule has 2 aromatic rings. The average Bonchev–Trinajstić information content (AvgIpc) is 2.36. The Kier molecular flexibility index (Phi) is 3.47. The molecule has 2 rings (SSSR count). The van der Waals surface area contributed by atoms with Gasteiger partial charge in [0.15, 0.2) is 6.10 Å². The maximum Gasteiger partial charge on any atom is 0.335 e. The topological polar surface area (TPSA) is 90.7 Å². The van der Waals surface area contributed by atoms with Crippen molar-refractivity contribution in [3.8, 4) is 0 Å². The van der Waals surface area contributed by atoms with E-state index in [0.717, 1.165) is 0 Å². The lowest BCUT2D eigenvalue weighted by Crippen LogP contribution is -2.27. The standard InChI is InChI=1S/C12H10ClNO4/c13-8-3-4-14-9-5-6(1-2-7(8)9)10(15)11(16)12(17)18/h1-5,10-11,15-16H,(H,17,18). The number of aliphatic hydroxyl groups excluding tert-OH is 2. The lowest BCUT2D eigenvalue weighted by Gasteiger charge is -2.14. The first-order chi connectivity index (χ1) is 8.50. The van der Waals surface area contributed by atoms with E-state index >= 15 is 0 Å². The Morgan fingerprint density at radius 3 is 2.67 bits per heavy atom. The quantitative estimate of drug-likeness (QED) is 0.781. The Balaban J connectivity index is 2.44. The molecule has 0 amide bonds. The van der Waals surface area contributed by atoms with Gasteiger partial charge in [0.2, 0.25) is 0 Å². The molecule has 3 N–H and O–H groups in total. The van der Waals surface area contributed by atoms with Crippen LogP contribution in [0.15, 0.2) is 30.5 Å². The van der Waals surface area contributed by atoms with E-state index in [0.29, 0.717) is 15.9 Å². The van der Waals surface area contributed by atoms with E-state index in [2.05, 4.69) is 4.98 Å². The molecule has 1 aromatic carbocycles. The number of fused-ring (bicyclic) bond motifs is 1. The number of aliphatic hydroxyl groups is 2. The number of carboxylic acid groups (broad SMARTS) is 1. The molecule has 0 fully saturated rings. The Bertz CT molecular complexity index is 602. The molecule has 0 bridgehead atoms. The second-order valence-corrected chi connectivity index (χ2v) is 4.20. The summed E-state index contributed by atoms with van der Waals surface area (Å²) in [6.07, 6.45) is -1.87. The minimum Gasteiger partial charge on any atom is -0.479 e. The smallest absolute Gasteiger partial charge is 0.335 e. The molecule has 94 valence electrons. The predicted molar refractivity (Wildman–Crippen MR) is 65.4 cm³/mol. The normalized spacial score (nSPS) is 14.4. The predicted octanol–water partition coefficient (Wildman–Crippen LogP) is 1.37. The van der Waals surface area contributed by atoms with Gasteiger partial charge in [0.05, 0.1) is 10.5 Å². The molecule has 0 saturated heterocycles. The summed E-state index contributed by atoms with van der Waals surface area (Å²) >= 11 is 5.96. The summed E-state index contributed by atoms with van der Waals surface area (Å²) in [6.45, 7) is 0. The lowest BCUT2D eigenvalue weighted by molar-refractivity contribution is -0.153. The Hall–Kier alpha value is -1.69. The first-order valence-corrected chi connectivity index (χ1v) is 5.51. The molecule has 2 unspecified atom stereocenters. The van der Waals surface area contributed by atoms with Gasteiger partial charge in [-0.3, -0.25) is 4.98 Å². The van der Waals surface area contributed by atoms with Gasteiger partial charge in [-0.1, -0.05) is 23.7 Å². The summed E-state index contributed by atoms with van der Waals surface area (Å²) in [7, 11) is 0. The van der Waals surface area contributed by atoms with Crippen LogP contribution >= 0.6 is 11.6 Å². The van der Waals surface area contributed by atoms with Crippen LogP contribution in [-0.4, -0.2) is 32.4 Å². The number of carboxylic acids is 1. The number of pyridine rings is 1. The zero-order valence-electron chi connectivity index (χ0n) is 9.12. The molecule has 0 radical (unpaired) electrons. The number of halogens is 1. The van der Waals surface area contributed by atoms with Crippen molar-refractivity contribution in [2.24, 2.45) is 0 Å². The largest absolute Gasteiger partial charge is 0.479 e. The van der Waals surface area contributed by atoms with Crippen LogP contribution in [0.4, 0.5) is 0 Å². The van der Waals surface area contributed by atoms with Gasteiger partial charge in [0.25, 0.3) is 0 Å². The van der Waals surface area contributed by atoms with E-state index in [1.807, 2.05) is 0 Å². The molecule has 0 aliphatic heterocycles. The molecular weight excluding hydrogens is 258 g/mol. The van der Waals surface area contributed by atoms with Crippen molar-refractivity contribution >= 4 is 28.5 Å². The molecule has 0 aliphatic rings. The number of nitrogens with zero attached hydrogens (tertiary/aromatic N) is 1. The molecule has 0 spiro atoms. The molecule has 6 heteroatoms. The summed E-state index contributed by atoms with van der Waals surface area (Å²) in [5.41, 5.74) is 0.795. The van der Waals surface area contributed by atoms with Crippen molar-refractivity contribution in [3.63, 3.8) is 0 Å². The number of aliphatic carboxylic acids is 1. The third-order valence-electron chi connectivity index (χ3n) is 2.61. The zero-order chi connectivity index (χ0) is 13.3. The first-order valence-electron chi connectivity index (χ1n) is 5.14. The minimum atomic E-state index is -1.87. The lowest BCUT2D eigenvalue weighted by atomic mass is 10.0. The van der Waals surface area contributed by atoms with E-state index in [1.54, 1.807) is 12.1 Å². The molecule has 2 atom stereocenters.